The summed E-state index contributed by atoms with van der Waals surface area (Å²) in [5.74, 6) is 1.10. The summed E-state index contributed by atoms with van der Waals surface area (Å²) in [7, 11) is 0. The molecule has 1 aromatic heterocycles. The maximum atomic E-state index is 5.93. The average Bonchev–Trinajstić information content (AvgIpc) is 2.90. The lowest BCUT2D eigenvalue weighted by atomic mass is 10.3. The van der Waals surface area contributed by atoms with Gasteiger partial charge in [-0.3, -0.25) is 0 Å². The molecule has 0 radical (unpaired) electrons. The van der Waals surface area contributed by atoms with Gasteiger partial charge in [0.15, 0.2) is 0 Å². The van der Waals surface area contributed by atoms with E-state index in [1.807, 2.05) is 0 Å². The van der Waals surface area contributed by atoms with Crippen molar-refractivity contribution >= 4 is 35.1 Å². The van der Waals surface area contributed by atoms with Crippen LogP contribution in [-0.2, 0) is 0 Å². The van der Waals surface area contributed by atoms with E-state index in [4.69, 9.17) is 33.7 Å². The molecule has 1 saturated heterocycles. The highest BCUT2D eigenvalue weighted by Gasteiger charge is 2.17. The fraction of sp³-hybridized carbons (Fsp3) is 0.308. The molecule has 2 heterocycles. The standard InChI is InChI=1S/C13H13Cl2N5O/c14-8-5-9(15)7-10(6-8)21-13-18-11(16)17-12(19-13)20-3-1-2-4-20/h5-7H,1-4H2,(H2,16,17,18,19). The first kappa shape index (κ1) is 14.2. The van der Waals surface area contributed by atoms with Crippen LogP contribution in [0.2, 0.25) is 10.0 Å². The molecule has 110 valence electrons. The molecule has 0 bridgehead atoms. The molecule has 0 atom stereocenters. The topological polar surface area (TPSA) is 77.2 Å². The molecule has 0 aliphatic carbocycles. The summed E-state index contributed by atoms with van der Waals surface area (Å²) in [6.45, 7) is 1.82. The van der Waals surface area contributed by atoms with E-state index in [2.05, 4.69) is 19.9 Å². The Morgan fingerprint density at radius 3 is 2.33 bits per heavy atom. The van der Waals surface area contributed by atoms with Crippen LogP contribution < -0.4 is 15.4 Å². The van der Waals surface area contributed by atoms with Gasteiger partial charge in [-0.2, -0.15) is 15.0 Å². The molecule has 2 aromatic rings. The van der Waals surface area contributed by atoms with Gasteiger partial charge >= 0.3 is 6.01 Å². The molecule has 1 aliphatic rings. The van der Waals surface area contributed by atoms with Crippen LogP contribution in [0.15, 0.2) is 18.2 Å². The molecule has 1 aliphatic heterocycles. The van der Waals surface area contributed by atoms with Gasteiger partial charge in [0.25, 0.3) is 0 Å². The normalized spacial score (nSPS) is 14.5. The second-order valence-corrected chi connectivity index (χ2v) is 5.55. The van der Waals surface area contributed by atoms with E-state index in [0.717, 1.165) is 25.9 Å². The molecule has 1 fully saturated rings. The molecular formula is C13H13Cl2N5O. The number of ether oxygens (including phenoxy) is 1. The smallest absolute Gasteiger partial charge is 0.328 e. The van der Waals surface area contributed by atoms with Crippen molar-refractivity contribution in [2.24, 2.45) is 0 Å². The molecule has 8 heteroatoms. The van der Waals surface area contributed by atoms with Gasteiger partial charge in [-0.15, -0.1) is 0 Å². The second-order valence-electron chi connectivity index (χ2n) is 4.68. The van der Waals surface area contributed by atoms with Crippen LogP contribution in [0.25, 0.3) is 0 Å². The van der Waals surface area contributed by atoms with Gasteiger partial charge in [-0.1, -0.05) is 23.2 Å². The van der Waals surface area contributed by atoms with Crippen LogP contribution in [0.3, 0.4) is 0 Å². The van der Waals surface area contributed by atoms with Gasteiger partial charge in [0.05, 0.1) is 0 Å². The number of benzene rings is 1. The molecule has 0 saturated carbocycles. The molecule has 0 amide bonds. The quantitative estimate of drug-likeness (QED) is 0.934. The predicted molar refractivity (Wildman–Crippen MR) is 82.2 cm³/mol. The summed E-state index contributed by atoms with van der Waals surface area (Å²) in [4.78, 5) is 14.5. The Morgan fingerprint density at radius 1 is 1.00 bits per heavy atom. The van der Waals surface area contributed by atoms with E-state index < -0.39 is 0 Å². The number of nitrogens with zero attached hydrogens (tertiary/aromatic N) is 4. The van der Waals surface area contributed by atoms with Gasteiger partial charge < -0.3 is 15.4 Å². The van der Waals surface area contributed by atoms with Crippen molar-refractivity contribution in [2.75, 3.05) is 23.7 Å². The number of aromatic nitrogens is 3. The Balaban J connectivity index is 1.87. The molecule has 1 aromatic carbocycles. The van der Waals surface area contributed by atoms with Gasteiger partial charge in [-0.25, -0.2) is 0 Å². The molecule has 2 N–H and O–H groups in total. The first-order valence-corrected chi connectivity index (χ1v) is 7.26. The Bertz CT molecular complexity index is 641. The van der Waals surface area contributed by atoms with E-state index in [1.165, 1.54) is 0 Å². The molecule has 21 heavy (non-hydrogen) atoms. The highest BCUT2D eigenvalue weighted by atomic mass is 35.5. The summed E-state index contributed by atoms with van der Waals surface area (Å²) < 4.78 is 5.58. The minimum absolute atomic E-state index is 0.120. The van der Waals surface area contributed by atoms with E-state index in [-0.39, 0.29) is 12.0 Å². The van der Waals surface area contributed by atoms with E-state index in [1.54, 1.807) is 18.2 Å². The molecule has 0 spiro atoms. The zero-order valence-electron chi connectivity index (χ0n) is 11.1. The van der Waals surface area contributed by atoms with Crippen molar-refractivity contribution in [1.82, 2.24) is 15.0 Å². The third-order valence-corrected chi connectivity index (χ3v) is 3.49. The third-order valence-electron chi connectivity index (χ3n) is 3.05. The van der Waals surface area contributed by atoms with Crippen molar-refractivity contribution in [3.05, 3.63) is 28.2 Å². The number of halogens is 2. The number of nitrogens with two attached hydrogens (primary N) is 1. The summed E-state index contributed by atoms with van der Waals surface area (Å²) in [5.41, 5.74) is 5.72. The summed E-state index contributed by atoms with van der Waals surface area (Å²) in [5, 5.41) is 0.943. The highest BCUT2D eigenvalue weighted by molar-refractivity contribution is 6.34. The summed E-state index contributed by atoms with van der Waals surface area (Å²) in [6, 6.07) is 5.00. The van der Waals surface area contributed by atoms with Crippen LogP contribution in [0.1, 0.15) is 12.8 Å². The largest absolute Gasteiger partial charge is 0.424 e. The fourth-order valence-electron chi connectivity index (χ4n) is 2.16. The lowest BCUT2D eigenvalue weighted by molar-refractivity contribution is 0.440. The fourth-order valence-corrected chi connectivity index (χ4v) is 2.66. The van der Waals surface area contributed by atoms with Crippen molar-refractivity contribution in [3.8, 4) is 11.8 Å². The Morgan fingerprint density at radius 2 is 1.67 bits per heavy atom. The average molecular weight is 326 g/mol. The molecule has 0 unspecified atom stereocenters. The first-order valence-electron chi connectivity index (χ1n) is 6.50. The van der Waals surface area contributed by atoms with Crippen LogP contribution in [0.5, 0.6) is 11.8 Å². The van der Waals surface area contributed by atoms with Crippen LogP contribution in [0, 0.1) is 0 Å². The zero-order chi connectivity index (χ0) is 14.8. The van der Waals surface area contributed by atoms with Gasteiger partial charge in [0.1, 0.15) is 5.75 Å². The number of anilines is 2. The van der Waals surface area contributed by atoms with Gasteiger partial charge in [-0.05, 0) is 31.0 Å². The predicted octanol–water partition coefficient (Wildman–Crippen LogP) is 3.15. The zero-order valence-corrected chi connectivity index (χ0v) is 12.6. The molecular weight excluding hydrogens is 313 g/mol. The van der Waals surface area contributed by atoms with Crippen molar-refractivity contribution in [3.63, 3.8) is 0 Å². The minimum Gasteiger partial charge on any atom is -0.424 e. The maximum absolute atomic E-state index is 5.93. The monoisotopic (exact) mass is 325 g/mol. The number of hydrogen-bond donors (Lipinski definition) is 1. The highest BCUT2D eigenvalue weighted by Crippen LogP contribution is 2.28. The second kappa shape index (κ2) is 5.91. The van der Waals surface area contributed by atoms with Crippen molar-refractivity contribution in [1.29, 1.82) is 0 Å². The van der Waals surface area contributed by atoms with E-state index >= 15 is 0 Å². The number of hydrogen-bond acceptors (Lipinski definition) is 6. The number of nitrogen functional groups attached to an aromatic ring is 1. The van der Waals surface area contributed by atoms with Gasteiger partial charge in [0, 0.05) is 23.1 Å². The van der Waals surface area contributed by atoms with E-state index in [0.29, 0.717) is 21.7 Å². The Kier molecular flexibility index (Phi) is 3.98. The molecule has 6 nitrogen and oxygen atoms in total. The maximum Gasteiger partial charge on any atom is 0.328 e. The van der Waals surface area contributed by atoms with Crippen molar-refractivity contribution < 1.29 is 4.74 Å². The lowest BCUT2D eigenvalue weighted by Gasteiger charge is -2.15. The number of rotatable bonds is 3. The lowest BCUT2D eigenvalue weighted by Crippen LogP contribution is -2.21. The third kappa shape index (κ3) is 3.46. The SMILES string of the molecule is Nc1nc(Oc2cc(Cl)cc(Cl)c2)nc(N2CCCC2)n1. The minimum atomic E-state index is 0.120. The van der Waals surface area contributed by atoms with Gasteiger partial charge in [0.2, 0.25) is 11.9 Å². The molecule has 3 rings (SSSR count). The Hall–Kier alpha value is -1.79. The van der Waals surface area contributed by atoms with Crippen LogP contribution in [0.4, 0.5) is 11.9 Å². The summed E-state index contributed by atoms with van der Waals surface area (Å²) in [6.07, 6.45) is 2.23. The summed E-state index contributed by atoms with van der Waals surface area (Å²) >= 11 is 11.9. The van der Waals surface area contributed by atoms with Crippen LogP contribution in [-0.4, -0.2) is 28.0 Å². The van der Waals surface area contributed by atoms with E-state index in [9.17, 15) is 0 Å². The Labute approximate surface area is 131 Å². The first-order chi connectivity index (χ1) is 10.1. The van der Waals surface area contributed by atoms with Crippen LogP contribution >= 0.6 is 23.2 Å². The van der Waals surface area contributed by atoms with Crippen molar-refractivity contribution in [2.45, 2.75) is 12.8 Å².